The van der Waals surface area contributed by atoms with Gasteiger partial charge in [0.15, 0.2) is 0 Å². The molecule has 0 unspecified atom stereocenters. The molecular weight excluding hydrogens is 405 g/mol. The van der Waals surface area contributed by atoms with Gasteiger partial charge in [0, 0.05) is 4.90 Å². The first-order valence-electron chi connectivity index (χ1n) is 10.2. The predicted octanol–water partition coefficient (Wildman–Crippen LogP) is 6.75. The lowest BCUT2D eigenvalue weighted by atomic mass is 10.0. The normalized spacial score (nSPS) is 14.8. The molecular formula is C27H24FNOS. The van der Waals surface area contributed by atoms with Crippen molar-refractivity contribution < 1.29 is 9.18 Å². The Labute approximate surface area is 186 Å². The Hall–Kier alpha value is -3.11. The van der Waals surface area contributed by atoms with Crippen molar-refractivity contribution in [2.24, 2.45) is 0 Å². The number of hydrogen-bond donors (Lipinski definition) is 1. The van der Waals surface area contributed by atoms with E-state index in [2.05, 4.69) is 35.7 Å². The summed E-state index contributed by atoms with van der Waals surface area (Å²) in [4.78, 5) is 14.0. The van der Waals surface area contributed by atoms with Crippen molar-refractivity contribution in [2.45, 2.75) is 24.3 Å². The summed E-state index contributed by atoms with van der Waals surface area (Å²) in [6, 6.07) is 22.9. The van der Waals surface area contributed by atoms with E-state index in [1.807, 2.05) is 49.6 Å². The molecule has 0 fully saturated rings. The first kappa shape index (κ1) is 21.1. The monoisotopic (exact) mass is 429 g/mol. The van der Waals surface area contributed by atoms with Crippen LogP contribution in [0.4, 0.5) is 4.39 Å². The Kier molecular flexibility index (Phi) is 6.38. The highest BCUT2D eigenvalue weighted by molar-refractivity contribution is 7.98. The quantitative estimate of drug-likeness (QED) is 0.439. The van der Waals surface area contributed by atoms with Crippen molar-refractivity contribution in [2.75, 3.05) is 6.26 Å². The summed E-state index contributed by atoms with van der Waals surface area (Å²) in [5, 5.41) is 3.05. The third-order valence-corrected chi connectivity index (χ3v) is 6.18. The summed E-state index contributed by atoms with van der Waals surface area (Å²) in [5.41, 5.74) is 5.69. The molecule has 0 heterocycles. The third kappa shape index (κ3) is 4.97. The molecule has 0 radical (unpaired) electrons. The molecule has 31 heavy (non-hydrogen) atoms. The number of thioether (sulfide) groups is 1. The van der Waals surface area contributed by atoms with Gasteiger partial charge in [-0.1, -0.05) is 48.5 Å². The van der Waals surface area contributed by atoms with E-state index in [0.717, 1.165) is 33.4 Å². The van der Waals surface area contributed by atoms with E-state index in [1.54, 1.807) is 17.8 Å². The first-order valence-corrected chi connectivity index (χ1v) is 11.5. The van der Waals surface area contributed by atoms with Gasteiger partial charge in [-0.3, -0.25) is 4.79 Å². The van der Waals surface area contributed by atoms with E-state index in [9.17, 15) is 9.18 Å². The highest BCUT2D eigenvalue weighted by Crippen LogP contribution is 2.38. The number of carbonyl (C=O) groups excluding carboxylic acids is 1. The average Bonchev–Trinajstić information content (AvgIpc) is 3.10. The summed E-state index contributed by atoms with van der Waals surface area (Å²) in [7, 11) is 0. The minimum absolute atomic E-state index is 0.0802. The Morgan fingerprint density at radius 3 is 2.48 bits per heavy atom. The van der Waals surface area contributed by atoms with Gasteiger partial charge in [0.2, 0.25) is 5.91 Å². The van der Waals surface area contributed by atoms with Gasteiger partial charge in [0.05, 0.1) is 12.5 Å². The molecule has 0 aromatic heterocycles. The van der Waals surface area contributed by atoms with E-state index in [1.165, 1.54) is 17.0 Å². The molecule has 156 valence electrons. The van der Waals surface area contributed by atoms with Gasteiger partial charge in [-0.05, 0) is 83.0 Å². The molecule has 0 bridgehead atoms. The number of carbonyl (C=O) groups is 1. The molecule has 3 aromatic carbocycles. The largest absolute Gasteiger partial charge is 0.349 e. The fourth-order valence-corrected chi connectivity index (χ4v) is 4.22. The third-order valence-electron chi connectivity index (χ3n) is 5.43. The van der Waals surface area contributed by atoms with Crippen molar-refractivity contribution in [3.8, 4) is 0 Å². The fourth-order valence-electron chi connectivity index (χ4n) is 3.81. The number of nitrogens with one attached hydrogen (secondary N) is 1. The molecule has 0 aliphatic heterocycles. The second-order valence-electron chi connectivity index (χ2n) is 7.61. The second kappa shape index (κ2) is 9.36. The SMILES string of the molecule is CSc1ccc(C=C2C=C(CC(=O)N[C@@H](C)c3ccccc3)c3cc(F)ccc32)cc1. The first-order chi connectivity index (χ1) is 15.0. The molecule has 4 rings (SSSR count). The number of hydrogen-bond acceptors (Lipinski definition) is 2. The summed E-state index contributed by atoms with van der Waals surface area (Å²) >= 11 is 1.70. The van der Waals surface area contributed by atoms with E-state index >= 15 is 0 Å². The number of fused-ring (bicyclic) bond motifs is 1. The van der Waals surface area contributed by atoms with Crippen molar-refractivity contribution >= 4 is 34.9 Å². The standard InChI is InChI=1S/C27H24FNOS/c1-18(20-6-4-3-5-7-20)29-27(30)16-22-15-21(25-13-10-23(28)17-26(22)25)14-19-8-11-24(31-2)12-9-19/h3-15,17-18H,16H2,1-2H3,(H,29,30)/t18-/m0/s1. The number of allylic oxidation sites excluding steroid dienone is 2. The molecule has 1 atom stereocenters. The maximum atomic E-state index is 14.0. The Balaban J connectivity index is 1.57. The zero-order valence-corrected chi connectivity index (χ0v) is 18.4. The van der Waals surface area contributed by atoms with Gasteiger partial charge in [-0.15, -0.1) is 11.8 Å². The molecule has 0 saturated heterocycles. The number of halogens is 1. The summed E-state index contributed by atoms with van der Waals surface area (Å²) in [5.74, 6) is -0.378. The summed E-state index contributed by atoms with van der Waals surface area (Å²) < 4.78 is 14.0. The van der Waals surface area contributed by atoms with Gasteiger partial charge in [0.1, 0.15) is 5.82 Å². The van der Waals surface area contributed by atoms with Crippen LogP contribution in [0.5, 0.6) is 0 Å². The molecule has 3 aromatic rings. The smallest absolute Gasteiger partial charge is 0.224 e. The number of benzene rings is 3. The van der Waals surface area contributed by atoms with Crippen molar-refractivity contribution in [3.63, 3.8) is 0 Å². The average molecular weight is 430 g/mol. The van der Waals surface area contributed by atoms with Crippen LogP contribution in [-0.4, -0.2) is 12.2 Å². The van der Waals surface area contributed by atoms with Crippen LogP contribution < -0.4 is 5.32 Å². The molecule has 4 heteroatoms. The van der Waals surface area contributed by atoms with Gasteiger partial charge in [0.25, 0.3) is 0 Å². The predicted molar refractivity (Wildman–Crippen MR) is 128 cm³/mol. The minimum atomic E-state index is -0.298. The van der Waals surface area contributed by atoms with Gasteiger partial charge < -0.3 is 5.32 Å². The van der Waals surface area contributed by atoms with Crippen LogP contribution in [0.25, 0.3) is 17.2 Å². The van der Waals surface area contributed by atoms with Crippen LogP contribution in [-0.2, 0) is 4.79 Å². The van der Waals surface area contributed by atoms with Crippen LogP contribution in [0.15, 0.2) is 83.8 Å². The van der Waals surface area contributed by atoms with Gasteiger partial charge in [-0.2, -0.15) is 0 Å². The van der Waals surface area contributed by atoms with E-state index in [4.69, 9.17) is 0 Å². The van der Waals surface area contributed by atoms with Gasteiger partial charge in [-0.25, -0.2) is 4.39 Å². The molecule has 1 amide bonds. The molecule has 1 aliphatic carbocycles. The number of rotatable bonds is 6. The maximum Gasteiger partial charge on any atom is 0.224 e. The van der Waals surface area contributed by atoms with Crippen LogP contribution >= 0.6 is 11.8 Å². The van der Waals surface area contributed by atoms with E-state index < -0.39 is 0 Å². The zero-order valence-electron chi connectivity index (χ0n) is 17.6. The minimum Gasteiger partial charge on any atom is -0.349 e. The van der Waals surface area contributed by atoms with Crippen LogP contribution in [0.2, 0.25) is 0 Å². The Bertz CT molecular complexity index is 1150. The summed E-state index contributed by atoms with van der Waals surface area (Å²) in [6.45, 7) is 1.97. The van der Waals surface area contributed by atoms with Gasteiger partial charge >= 0.3 is 0 Å². The molecule has 0 spiro atoms. The lowest BCUT2D eigenvalue weighted by Crippen LogP contribution is -2.26. The Morgan fingerprint density at radius 2 is 1.77 bits per heavy atom. The summed E-state index contributed by atoms with van der Waals surface area (Å²) in [6.07, 6.45) is 6.34. The van der Waals surface area contributed by atoms with E-state index in [0.29, 0.717) is 0 Å². The Morgan fingerprint density at radius 1 is 1.03 bits per heavy atom. The zero-order chi connectivity index (χ0) is 21.8. The number of amides is 1. The van der Waals surface area contributed by atoms with Crippen molar-refractivity contribution in [3.05, 3.63) is 107 Å². The highest BCUT2D eigenvalue weighted by Gasteiger charge is 2.22. The van der Waals surface area contributed by atoms with Crippen molar-refractivity contribution in [1.82, 2.24) is 5.32 Å². The molecule has 1 N–H and O–H groups in total. The highest BCUT2D eigenvalue weighted by atomic mass is 32.2. The van der Waals surface area contributed by atoms with E-state index in [-0.39, 0.29) is 24.2 Å². The van der Waals surface area contributed by atoms with Crippen LogP contribution in [0.3, 0.4) is 0 Å². The second-order valence-corrected chi connectivity index (χ2v) is 8.49. The fraction of sp³-hybridized carbons (Fsp3) is 0.148. The maximum absolute atomic E-state index is 14.0. The lowest BCUT2D eigenvalue weighted by Gasteiger charge is -2.15. The van der Waals surface area contributed by atoms with Crippen LogP contribution in [0, 0.1) is 5.82 Å². The molecule has 1 aliphatic rings. The molecule has 2 nitrogen and oxygen atoms in total. The molecule has 0 saturated carbocycles. The lowest BCUT2D eigenvalue weighted by molar-refractivity contribution is -0.120. The van der Waals surface area contributed by atoms with Crippen molar-refractivity contribution in [1.29, 1.82) is 0 Å². The van der Waals surface area contributed by atoms with Crippen LogP contribution in [0.1, 0.15) is 41.6 Å². The topological polar surface area (TPSA) is 29.1 Å².